The quantitative estimate of drug-likeness (QED) is 0.268. The molecule has 7 rings (SSSR count). The predicted molar refractivity (Wildman–Crippen MR) is 169 cm³/mol. The number of aromatic nitrogens is 4. The van der Waals surface area contributed by atoms with Gasteiger partial charge in [0, 0.05) is 40.0 Å². The van der Waals surface area contributed by atoms with E-state index in [0.29, 0.717) is 16.0 Å². The van der Waals surface area contributed by atoms with Crippen molar-refractivity contribution in [3.63, 3.8) is 0 Å². The molecule has 3 amide bonds. The number of nitrogens with one attached hydrogen (secondary N) is 1. The van der Waals surface area contributed by atoms with Crippen LogP contribution in [0, 0.1) is 0 Å². The van der Waals surface area contributed by atoms with Crippen molar-refractivity contribution in [2.24, 2.45) is 5.73 Å². The molecule has 1 saturated heterocycles. The van der Waals surface area contributed by atoms with Gasteiger partial charge in [-0.1, -0.05) is 18.2 Å². The Kier molecular flexibility index (Phi) is 7.58. The summed E-state index contributed by atoms with van der Waals surface area (Å²) >= 11 is 1.29. The molecular weight excluding hydrogens is 593 g/mol. The van der Waals surface area contributed by atoms with Gasteiger partial charge in [0.1, 0.15) is 18.8 Å². The number of aryl methyl sites for hydroxylation is 2. The lowest BCUT2D eigenvalue weighted by atomic mass is 9.90. The number of nitrogens with two attached hydrogens (primary N) is 1. The fourth-order valence-electron chi connectivity index (χ4n) is 6.36. The zero-order valence-corrected chi connectivity index (χ0v) is 25.1. The number of nitrogens with zero attached hydrogens (tertiary/aromatic N) is 5. The minimum atomic E-state index is -1.34. The number of hydrogen-bond acceptors (Lipinski definition) is 7. The molecule has 0 unspecified atom stereocenters. The summed E-state index contributed by atoms with van der Waals surface area (Å²) in [6, 6.07) is 12.6. The Bertz CT molecular complexity index is 1940. The Labute approximate surface area is 262 Å². The number of thiazole rings is 1. The maximum absolute atomic E-state index is 14.7. The summed E-state index contributed by atoms with van der Waals surface area (Å²) in [6.45, 7) is -0.396. The molecule has 0 spiro atoms. The average Bonchev–Trinajstić information content (AvgIpc) is 3.78. The summed E-state index contributed by atoms with van der Waals surface area (Å²) < 4.78 is 16.3. The van der Waals surface area contributed by atoms with Crippen LogP contribution < -0.4 is 11.1 Å². The average molecular weight is 624 g/mol. The summed E-state index contributed by atoms with van der Waals surface area (Å²) in [5.74, 6) is -1.57. The Balaban J connectivity index is 1.08. The molecule has 45 heavy (non-hydrogen) atoms. The molecule has 2 aliphatic rings. The van der Waals surface area contributed by atoms with E-state index in [4.69, 9.17) is 5.73 Å². The molecule has 10 nitrogen and oxygen atoms in total. The summed E-state index contributed by atoms with van der Waals surface area (Å²) in [4.78, 5) is 45.1. The van der Waals surface area contributed by atoms with Crippen molar-refractivity contribution in [1.29, 1.82) is 0 Å². The lowest BCUT2D eigenvalue weighted by molar-refractivity contribution is -0.137. The standard InChI is InChI=1S/C33H30FN7O3S/c34-24-13-29(32(44)39-33-38-27(18-45-33)22-6-5-19-3-1-2-4-20(19)11-22)41(15-24)30(42)17-40-16-26(31(35)43)25-12-21(7-8-28(25)40)23-9-10-36-37-14-23/h5-12,14,16,18,24,29H,1-4,13,15,17H2,(H2,35,43)(H,38,39,44)/t24-,29+/m1/s1. The Morgan fingerprint density at radius 2 is 1.82 bits per heavy atom. The van der Waals surface area contributed by atoms with Crippen LogP contribution in [0.5, 0.6) is 0 Å². The zero-order chi connectivity index (χ0) is 31.1. The molecular formula is C33H30FN7O3S. The third kappa shape index (κ3) is 5.68. The predicted octanol–water partition coefficient (Wildman–Crippen LogP) is 4.78. The van der Waals surface area contributed by atoms with Crippen LogP contribution in [0.3, 0.4) is 0 Å². The number of alkyl halides is 1. The number of primary amides is 1. The first kappa shape index (κ1) is 28.8. The number of halogens is 1. The van der Waals surface area contributed by atoms with Gasteiger partial charge in [-0.25, -0.2) is 9.37 Å². The minimum absolute atomic E-state index is 0.108. The summed E-state index contributed by atoms with van der Waals surface area (Å²) in [6.07, 6.45) is 7.79. The number of rotatable bonds is 7. The maximum atomic E-state index is 14.7. The maximum Gasteiger partial charge on any atom is 0.250 e. The van der Waals surface area contributed by atoms with E-state index < -0.39 is 29.9 Å². The first-order valence-electron chi connectivity index (χ1n) is 14.9. The number of benzene rings is 2. The molecule has 1 aliphatic heterocycles. The van der Waals surface area contributed by atoms with Crippen LogP contribution in [0.15, 0.2) is 66.4 Å². The van der Waals surface area contributed by atoms with E-state index in [9.17, 15) is 18.8 Å². The van der Waals surface area contributed by atoms with Gasteiger partial charge in [0.15, 0.2) is 5.13 Å². The highest BCUT2D eigenvalue weighted by molar-refractivity contribution is 7.14. The Morgan fingerprint density at radius 3 is 2.62 bits per heavy atom. The van der Waals surface area contributed by atoms with Crippen molar-refractivity contribution in [3.05, 3.63) is 83.1 Å². The zero-order valence-electron chi connectivity index (χ0n) is 24.3. The van der Waals surface area contributed by atoms with E-state index in [2.05, 4.69) is 38.7 Å². The van der Waals surface area contributed by atoms with Gasteiger partial charge < -0.3 is 20.5 Å². The Hall–Kier alpha value is -4.97. The highest BCUT2D eigenvalue weighted by Gasteiger charge is 2.40. The molecule has 12 heteroatoms. The van der Waals surface area contributed by atoms with Gasteiger partial charge in [0.2, 0.25) is 11.8 Å². The molecule has 2 atom stereocenters. The molecule has 1 aliphatic carbocycles. The highest BCUT2D eigenvalue weighted by Crippen LogP contribution is 2.31. The molecule has 1 fully saturated rings. The van der Waals surface area contributed by atoms with Crippen LogP contribution >= 0.6 is 11.3 Å². The smallest absolute Gasteiger partial charge is 0.250 e. The van der Waals surface area contributed by atoms with Crippen molar-refractivity contribution in [2.75, 3.05) is 11.9 Å². The van der Waals surface area contributed by atoms with Gasteiger partial charge in [0.25, 0.3) is 5.91 Å². The van der Waals surface area contributed by atoms with Crippen LogP contribution in [0.4, 0.5) is 9.52 Å². The lowest BCUT2D eigenvalue weighted by Crippen LogP contribution is -2.44. The topological polar surface area (TPSA) is 136 Å². The molecule has 3 N–H and O–H groups in total. The third-order valence-corrected chi connectivity index (χ3v) is 9.38. The van der Waals surface area contributed by atoms with Crippen LogP contribution in [0.2, 0.25) is 0 Å². The lowest BCUT2D eigenvalue weighted by Gasteiger charge is -2.23. The molecule has 3 aromatic heterocycles. The van der Waals surface area contributed by atoms with Crippen molar-refractivity contribution < 1.29 is 18.8 Å². The molecule has 2 aromatic carbocycles. The van der Waals surface area contributed by atoms with E-state index in [1.165, 1.54) is 46.4 Å². The van der Waals surface area contributed by atoms with Gasteiger partial charge in [-0.2, -0.15) is 10.2 Å². The van der Waals surface area contributed by atoms with Gasteiger partial charge in [-0.05, 0) is 66.6 Å². The first-order chi connectivity index (χ1) is 21.8. The third-order valence-electron chi connectivity index (χ3n) is 8.62. The molecule has 5 aromatic rings. The number of likely N-dealkylation sites (tertiary alicyclic amines) is 1. The minimum Gasteiger partial charge on any atom is -0.366 e. The number of anilines is 1. The summed E-state index contributed by atoms with van der Waals surface area (Å²) in [7, 11) is 0. The van der Waals surface area contributed by atoms with E-state index in [-0.39, 0.29) is 25.1 Å². The van der Waals surface area contributed by atoms with Crippen LogP contribution in [0.1, 0.15) is 40.7 Å². The van der Waals surface area contributed by atoms with Crippen LogP contribution in [-0.2, 0) is 29.0 Å². The second-order valence-electron chi connectivity index (χ2n) is 11.5. The first-order valence-corrected chi connectivity index (χ1v) is 15.7. The second kappa shape index (κ2) is 11.8. The fraction of sp³-hybridized carbons (Fsp3) is 0.273. The summed E-state index contributed by atoms with van der Waals surface area (Å²) in [5, 5.41) is 13.4. The molecule has 0 radical (unpaired) electrons. The van der Waals surface area contributed by atoms with Crippen LogP contribution in [-0.4, -0.2) is 61.1 Å². The van der Waals surface area contributed by atoms with E-state index >= 15 is 0 Å². The van der Waals surface area contributed by atoms with Crippen molar-refractivity contribution >= 4 is 45.1 Å². The number of fused-ring (bicyclic) bond motifs is 2. The molecule has 228 valence electrons. The summed E-state index contributed by atoms with van der Waals surface area (Å²) in [5.41, 5.74) is 12.6. The van der Waals surface area contributed by atoms with E-state index in [1.54, 1.807) is 29.1 Å². The number of amides is 3. The van der Waals surface area contributed by atoms with Gasteiger partial charge >= 0.3 is 0 Å². The Morgan fingerprint density at radius 1 is 1.00 bits per heavy atom. The van der Waals surface area contributed by atoms with E-state index in [0.717, 1.165) is 35.2 Å². The second-order valence-corrected chi connectivity index (χ2v) is 12.4. The fourth-order valence-corrected chi connectivity index (χ4v) is 7.08. The number of carbonyl (C=O) groups excluding carboxylic acids is 3. The highest BCUT2D eigenvalue weighted by atomic mass is 32.1. The van der Waals surface area contributed by atoms with Crippen LogP contribution in [0.25, 0.3) is 33.3 Å². The molecule has 0 saturated carbocycles. The van der Waals surface area contributed by atoms with E-state index in [1.807, 2.05) is 17.5 Å². The number of carbonyl (C=O) groups is 3. The SMILES string of the molecule is NC(=O)c1cn(CC(=O)N2C[C@H](F)C[C@H]2C(=O)Nc2nc(-c3ccc4c(c3)CCCC4)cs2)c2ccc(-c3ccnnc3)cc12. The molecule has 0 bridgehead atoms. The van der Waals surface area contributed by atoms with Gasteiger partial charge in [-0.3, -0.25) is 14.4 Å². The van der Waals surface area contributed by atoms with Crippen molar-refractivity contribution in [1.82, 2.24) is 24.6 Å². The monoisotopic (exact) mass is 623 g/mol. The number of hydrogen-bond donors (Lipinski definition) is 2. The largest absolute Gasteiger partial charge is 0.366 e. The molecule has 4 heterocycles. The normalized spacial score (nSPS) is 17.8. The van der Waals surface area contributed by atoms with Crippen molar-refractivity contribution in [3.8, 4) is 22.4 Å². The van der Waals surface area contributed by atoms with Gasteiger partial charge in [0.05, 0.1) is 30.2 Å². The van der Waals surface area contributed by atoms with Gasteiger partial charge in [-0.15, -0.1) is 11.3 Å². The van der Waals surface area contributed by atoms with Crippen molar-refractivity contribution in [2.45, 2.75) is 50.9 Å².